The number of thioether (sulfide) groups is 1. The number of aromatic nitrogens is 2. The monoisotopic (exact) mass is 326 g/mol. The van der Waals surface area contributed by atoms with E-state index < -0.39 is 5.97 Å². The van der Waals surface area contributed by atoms with E-state index in [-0.39, 0.29) is 17.4 Å². The first-order valence-electron chi connectivity index (χ1n) is 6.59. The Morgan fingerprint density at radius 1 is 1.62 bits per heavy atom. The summed E-state index contributed by atoms with van der Waals surface area (Å²) in [6.07, 6.45) is 1.91. The molecule has 1 aliphatic heterocycles. The smallest absolute Gasteiger partial charge is 0.313 e. The first kappa shape index (κ1) is 14.6. The van der Waals surface area contributed by atoms with E-state index in [2.05, 4.69) is 4.98 Å². The summed E-state index contributed by atoms with van der Waals surface area (Å²) in [4.78, 5) is 28.4. The van der Waals surface area contributed by atoms with Crippen LogP contribution in [-0.4, -0.2) is 39.1 Å². The Labute approximate surface area is 128 Å². The molecule has 1 saturated heterocycles. The summed E-state index contributed by atoms with van der Waals surface area (Å²) in [6, 6.07) is 1.76. The first-order valence-corrected chi connectivity index (χ1v) is 8.46. The number of hydrogen-bond donors (Lipinski definition) is 1. The Hall–Kier alpha value is -1.38. The number of carboxylic acid groups (broad SMARTS) is 1. The highest BCUT2D eigenvalue weighted by Gasteiger charge is 2.20. The summed E-state index contributed by atoms with van der Waals surface area (Å²) in [5.41, 5.74) is -0.121. The third kappa shape index (κ3) is 3.12. The van der Waals surface area contributed by atoms with Crippen molar-refractivity contribution in [3.8, 4) is 0 Å². The second-order valence-electron chi connectivity index (χ2n) is 4.77. The van der Waals surface area contributed by atoms with Gasteiger partial charge in [0.25, 0.3) is 5.56 Å². The fraction of sp³-hybridized carbons (Fsp3) is 0.462. The van der Waals surface area contributed by atoms with Crippen LogP contribution in [0.5, 0.6) is 0 Å². The van der Waals surface area contributed by atoms with Crippen LogP contribution in [0.4, 0.5) is 0 Å². The number of fused-ring (bicyclic) bond motifs is 1. The van der Waals surface area contributed by atoms with Gasteiger partial charge >= 0.3 is 5.97 Å². The van der Waals surface area contributed by atoms with Gasteiger partial charge < -0.3 is 9.84 Å². The zero-order valence-corrected chi connectivity index (χ0v) is 12.8. The number of aliphatic carboxylic acids is 1. The molecule has 1 N–H and O–H groups in total. The summed E-state index contributed by atoms with van der Waals surface area (Å²) in [5.74, 6) is -1.04. The lowest BCUT2D eigenvalue weighted by atomic mass is 10.2. The van der Waals surface area contributed by atoms with Crippen LogP contribution in [0.2, 0.25) is 0 Å². The normalized spacial score (nSPS) is 18.4. The second kappa shape index (κ2) is 6.17. The summed E-state index contributed by atoms with van der Waals surface area (Å²) < 4.78 is 7.13. The van der Waals surface area contributed by atoms with Crippen LogP contribution in [-0.2, 0) is 16.1 Å². The number of thiophene rings is 1. The SMILES string of the molecule is O=C(O)CSc1nc2sccc2c(=O)n1CC1CCCO1. The highest BCUT2D eigenvalue weighted by molar-refractivity contribution is 7.99. The molecular weight excluding hydrogens is 312 g/mol. The van der Waals surface area contributed by atoms with Crippen LogP contribution >= 0.6 is 23.1 Å². The number of nitrogens with zero attached hydrogens (tertiary/aromatic N) is 2. The Balaban J connectivity index is 1.99. The number of carbonyl (C=O) groups is 1. The van der Waals surface area contributed by atoms with Crippen molar-refractivity contribution in [3.05, 3.63) is 21.8 Å². The standard InChI is InChI=1S/C13H14N2O4S2/c16-10(17)7-21-13-14-11-9(3-5-20-11)12(18)15(13)6-8-2-1-4-19-8/h3,5,8H,1-2,4,6-7H2,(H,16,17). The summed E-state index contributed by atoms with van der Waals surface area (Å²) in [6.45, 7) is 1.14. The third-order valence-electron chi connectivity index (χ3n) is 3.28. The third-order valence-corrected chi connectivity index (χ3v) is 5.05. The van der Waals surface area contributed by atoms with Gasteiger partial charge in [-0.15, -0.1) is 11.3 Å². The molecule has 1 atom stereocenters. The first-order chi connectivity index (χ1) is 10.1. The molecule has 21 heavy (non-hydrogen) atoms. The molecule has 1 unspecified atom stereocenters. The zero-order chi connectivity index (χ0) is 14.8. The highest BCUT2D eigenvalue weighted by atomic mass is 32.2. The zero-order valence-electron chi connectivity index (χ0n) is 11.2. The van der Waals surface area contributed by atoms with E-state index in [1.807, 2.05) is 5.38 Å². The van der Waals surface area contributed by atoms with Gasteiger partial charge in [-0.25, -0.2) is 4.98 Å². The molecule has 8 heteroatoms. The Bertz CT molecular complexity index is 719. The van der Waals surface area contributed by atoms with Crippen molar-refractivity contribution in [2.75, 3.05) is 12.4 Å². The predicted molar refractivity (Wildman–Crippen MR) is 81.2 cm³/mol. The maximum Gasteiger partial charge on any atom is 0.313 e. The molecular formula is C13H14N2O4S2. The van der Waals surface area contributed by atoms with E-state index in [1.54, 1.807) is 10.6 Å². The minimum absolute atomic E-state index is 0.00441. The lowest BCUT2D eigenvalue weighted by Crippen LogP contribution is -2.28. The van der Waals surface area contributed by atoms with E-state index in [0.29, 0.717) is 28.5 Å². The predicted octanol–water partition coefficient (Wildman–Crippen LogP) is 1.81. The average Bonchev–Trinajstić information content (AvgIpc) is 3.11. The molecule has 2 aromatic rings. The molecule has 112 valence electrons. The van der Waals surface area contributed by atoms with Crippen molar-refractivity contribution < 1.29 is 14.6 Å². The Morgan fingerprint density at radius 2 is 2.48 bits per heavy atom. The maximum atomic E-state index is 12.6. The van der Waals surface area contributed by atoms with Gasteiger partial charge in [0.05, 0.1) is 23.8 Å². The van der Waals surface area contributed by atoms with Crippen LogP contribution in [0, 0.1) is 0 Å². The van der Waals surface area contributed by atoms with E-state index in [0.717, 1.165) is 24.6 Å². The van der Waals surface area contributed by atoms with E-state index in [9.17, 15) is 9.59 Å². The second-order valence-corrected chi connectivity index (χ2v) is 6.60. The van der Waals surface area contributed by atoms with E-state index >= 15 is 0 Å². The van der Waals surface area contributed by atoms with Gasteiger partial charge in [-0.05, 0) is 24.3 Å². The van der Waals surface area contributed by atoms with Crippen molar-refractivity contribution in [3.63, 3.8) is 0 Å². The number of carboxylic acids is 1. The van der Waals surface area contributed by atoms with Crippen LogP contribution in [0.1, 0.15) is 12.8 Å². The largest absolute Gasteiger partial charge is 0.481 e. The Kier molecular flexibility index (Phi) is 4.27. The molecule has 6 nitrogen and oxygen atoms in total. The fourth-order valence-electron chi connectivity index (χ4n) is 2.32. The van der Waals surface area contributed by atoms with Crippen molar-refractivity contribution in [1.29, 1.82) is 0 Å². The molecule has 3 rings (SSSR count). The average molecular weight is 326 g/mol. The minimum Gasteiger partial charge on any atom is -0.481 e. The lowest BCUT2D eigenvalue weighted by molar-refractivity contribution is -0.133. The van der Waals surface area contributed by atoms with Gasteiger partial charge in [0.15, 0.2) is 5.16 Å². The van der Waals surface area contributed by atoms with Gasteiger partial charge in [-0.2, -0.15) is 0 Å². The van der Waals surface area contributed by atoms with Crippen LogP contribution < -0.4 is 5.56 Å². The molecule has 0 aliphatic carbocycles. The van der Waals surface area contributed by atoms with Crippen LogP contribution in [0.3, 0.4) is 0 Å². The van der Waals surface area contributed by atoms with Crippen molar-refractivity contribution in [2.24, 2.45) is 0 Å². The molecule has 0 spiro atoms. The summed E-state index contributed by atoms with van der Waals surface area (Å²) >= 11 is 2.46. The minimum atomic E-state index is -0.927. The molecule has 0 bridgehead atoms. The summed E-state index contributed by atoms with van der Waals surface area (Å²) in [5, 5.41) is 11.7. The van der Waals surface area contributed by atoms with Gasteiger partial charge in [0, 0.05) is 6.61 Å². The lowest BCUT2D eigenvalue weighted by Gasteiger charge is -2.15. The van der Waals surface area contributed by atoms with Gasteiger partial charge in [0.1, 0.15) is 4.83 Å². The van der Waals surface area contributed by atoms with E-state index in [4.69, 9.17) is 9.84 Å². The molecule has 1 aliphatic rings. The van der Waals surface area contributed by atoms with Gasteiger partial charge in [0.2, 0.25) is 0 Å². The molecule has 0 saturated carbocycles. The molecule has 1 fully saturated rings. The van der Waals surface area contributed by atoms with E-state index in [1.165, 1.54) is 11.3 Å². The van der Waals surface area contributed by atoms with Gasteiger partial charge in [-0.1, -0.05) is 11.8 Å². The topological polar surface area (TPSA) is 81.4 Å². The number of ether oxygens (including phenoxy) is 1. The number of rotatable bonds is 5. The number of hydrogen-bond acceptors (Lipinski definition) is 6. The maximum absolute atomic E-state index is 12.6. The van der Waals surface area contributed by atoms with Gasteiger partial charge in [-0.3, -0.25) is 14.2 Å². The van der Waals surface area contributed by atoms with Crippen LogP contribution in [0.25, 0.3) is 10.2 Å². The molecule has 2 aromatic heterocycles. The van der Waals surface area contributed by atoms with Crippen molar-refractivity contribution in [2.45, 2.75) is 30.6 Å². The molecule has 0 radical (unpaired) electrons. The summed E-state index contributed by atoms with van der Waals surface area (Å²) in [7, 11) is 0. The Morgan fingerprint density at radius 3 is 3.19 bits per heavy atom. The molecule has 3 heterocycles. The van der Waals surface area contributed by atoms with Crippen molar-refractivity contribution >= 4 is 39.3 Å². The highest BCUT2D eigenvalue weighted by Crippen LogP contribution is 2.23. The van der Waals surface area contributed by atoms with Crippen LogP contribution in [0.15, 0.2) is 21.4 Å². The quantitative estimate of drug-likeness (QED) is 0.667. The molecule has 0 aromatic carbocycles. The fourth-order valence-corrected chi connectivity index (χ4v) is 3.85. The van der Waals surface area contributed by atoms with Crippen molar-refractivity contribution in [1.82, 2.24) is 9.55 Å². The molecule has 0 amide bonds.